The quantitative estimate of drug-likeness (QED) is 0.0728. The fraction of sp³-hybridized carbons (Fsp3) is 0.267. The molecule has 0 saturated carbocycles. The Morgan fingerprint density at radius 1 is 0.571 bits per heavy atom. The van der Waals surface area contributed by atoms with E-state index in [-0.39, 0.29) is 29.1 Å². The van der Waals surface area contributed by atoms with Gasteiger partial charge in [-0.25, -0.2) is 14.4 Å². The molecule has 1 heterocycles. The maximum absolute atomic E-state index is 14.0. The second kappa shape index (κ2) is 18.2. The molecule has 1 aliphatic heterocycles. The summed E-state index contributed by atoms with van der Waals surface area (Å²) in [5.74, 6) is -2.11. The maximum Gasteiger partial charge on any atom is 0.338 e. The smallest absolute Gasteiger partial charge is 0.338 e. The van der Waals surface area contributed by atoms with Gasteiger partial charge in [-0.05, 0) is 51.8 Å². The summed E-state index contributed by atoms with van der Waals surface area (Å²) in [4.78, 5) is 41.6. The minimum absolute atomic E-state index is 0.125. The zero-order chi connectivity index (χ0) is 39.7. The molecule has 6 atom stereocenters. The summed E-state index contributed by atoms with van der Waals surface area (Å²) in [6.07, 6.45) is -5.43. The fourth-order valence-corrected chi connectivity index (χ4v) is 12.7. The summed E-state index contributed by atoms with van der Waals surface area (Å²) in [7, 11) is -4.98. The van der Waals surface area contributed by atoms with Crippen LogP contribution in [0.4, 0.5) is 0 Å². The zero-order valence-electron chi connectivity index (χ0n) is 31.8. The molecule has 0 aromatic heterocycles. The van der Waals surface area contributed by atoms with Gasteiger partial charge >= 0.3 is 17.9 Å². The van der Waals surface area contributed by atoms with E-state index in [9.17, 15) is 18.6 Å². The lowest BCUT2D eigenvalue weighted by molar-refractivity contribution is -0.206. The third kappa shape index (κ3) is 8.92. The van der Waals surface area contributed by atoms with Gasteiger partial charge < -0.3 is 23.4 Å². The molecule has 11 heteroatoms. The first kappa shape index (κ1) is 40.5. The number of carbonyl (C=O) groups excluding carboxylic acids is 3. The van der Waals surface area contributed by atoms with E-state index >= 15 is 0 Å². The highest BCUT2D eigenvalue weighted by molar-refractivity contribution is 7.85. The van der Waals surface area contributed by atoms with Gasteiger partial charge in [-0.2, -0.15) is 0 Å². The van der Waals surface area contributed by atoms with Gasteiger partial charge in [-0.1, -0.05) is 143 Å². The van der Waals surface area contributed by atoms with E-state index in [4.69, 9.17) is 23.4 Å². The third-order valence-electron chi connectivity index (χ3n) is 9.77. The molecule has 0 radical (unpaired) electrons. The normalized spacial score (nSPS) is 20.3. The van der Waals surface area contributed by atoms with Crippen LogP contribution in [-0.4, -0.2) is 72.6 Å². The molecule has 1 saturated heterocycles. The van der Waals surface area contributed by atoms with Gasteiger partial charge in [-0.15, -0.1) is 0 Å². The SMILES string of the molecule is CCS(=O)[C@@H]1O[C@H](CO[Si](c2ccccc2)(c2ccccc2)C(C)(C)C)[C@@H](OC(=O)c2ccccc2)[C@H](OC(=O)c2ccccc2)[C@H]1OC(=O)c1ccccc1. The van der Waals surface area contributed by atoms with Gasteiger partial charge in [0.15, 0.2) is 23.7 Å². The minimum Gasteiger partial charge on any atom is -0.452 e. The van der Waals surface area contributed by atoms with Crippen LogP contribution in [0.25, 0.3) is 0 Å². The lowest BCUT2D eigenvalue weighted by Gasteiger charge is -2.47. The number of hydrogen-bond donors (Lipinski definition) is 0. The first-order valence-electron chi connectivity index (χ1n) is 18.6. The number of benzene rings is 5. The van der Waals surface area contributed by atoms with E-state index in [0.29, 0.717) is 0 Å². The predicted octanol–water partition coefficient (Wildman–Crippen LogP) is 6.73. The predicted molar refractivity (Wildman–Crippen MR) is 218 cm³/mol. The van der Waals surface area contributed by atoms with Crippen LogP contribution in [0.5, 0.6) is 0 Å². The summed E-state index contributed by atoms with van der Waals surface area (Å²) >= 11 is 0. The van der Waals surface area contributed by atoms with Crippen LogP contribution in [0.15, 0.2) is 152 Å². The van der Waals surface area contributed by atoms with Gasteiger partial charge in [0.25, 0.3) is 8.32 Å². The first-order chi connectivity index (χ1) is 27.0. The Bertz CT molecular complexity index is 2040. The monoisotopic (exact) mass is 790 g/mol. The van der Waals surface area contributed by atoms with Crippen molar-refractivity contribution in [2.75, 3.05) is 12.4 Å². The summed E-state index contributed by atoms with van der Waals surface area (Å²) in [6, 6.07) is 45.0. The van der Waals surface area contributed by atoms with Crippen molar-refractivity contribution in [3.05, 3.63) is 168 Å². The van der Waals surface area contributed by atoms with Crippen molar-refractivity contribution in [1.82, 2.24) is 0 Å². The molecular weight excluding hydrogens is 745 g/mol. The molecule has 0 aliphatic carbocycles. The van der Waals surface area contributed by atoms with Crippen LogP contribution in [0, 0.1) is 0 Å². The molecule has 1 fully saturated rings. The molecule has 0 amide bonds. The third-order valence-corrected chi connectivity index (χ3v) is 16.2. The molecule has 0 bridgehead atoms. The van der Waals surface area contributed by atoms with E-state index in [2.05, 4.69) is 45.0 Å². The summed E-state index contributed by atoms with van der Waals surface area (Å²) in [6.45, 7) is 7.96. The molecule has 56 heavy (non-hydrogen) atoms. The number of carbonyl (C=O) groups is 3. The van der Waals surface area contributed by atoms with Gasteiger partial charge in [0.2, 0.25) is 0 Å². The highest BCUT2D eigenvalue weighted by Crippen LogP contribution is 2.39. The average molecular weight is 791 g/mol. The second-order valence-corrected chi connectivity index (χ2v) is 20.5. The highest BCUT2D eigenvalue weighted by Gasteiger charge is 2.56. The number of hydrogen-bond acceptors (Lipinski definition) is 9. The Morgan fingerprint density at radius 2 is 0.929 bits per heavy atom. The van der Waals surface area contributed by atoms with E-state index in [1.54, 1.807) is 97.9 Å². The van der Waals surface area contributed by atoms with E-state index in [0.717, 1.165) is 10.4 Å². The summed E-state index contributed by atoms with van der Waals surface area (Å²) in [5.41, 5.74) is -0.616. The maximum atomic E-state index is 14.0. The molecule has 0 N–H and O–H groups in total. The van der Waals surface area contributed by atoms with Crippen molar-refractivity contribution in [2.24, 2.45) is 0 Å². The van der Waals surface area contributed by atoms with Gasteiger partial charge in [0.05, 0.1) is 34.1 Å². The summed E-state index contributed by atoms with van der Waals surface area (Å²) in [5, 5.41) is 1.57. The van der Waals surface area contributed by atoms with Crippen LogP contribution in [0.3, 0.4) is 0 Å². The van der Waals surface area contributed by atoms with Crippen LogP contribution in [-0.2, 0) is 34.2 Å². The van der Waals surface area contributed by atoms with Crippen molar-refractivity contribution >= 4 is 47.4 Å². The molecule has 5 aromatic carbocycles. The Kier molecular flexibility index (Phi) is 13.1. The molecule has 1 unspecified atom stereocenters. The van der Waals surface area contributed by atoms with E-state index in [1.165, 1.54) is 0 Å². The molecule has 290 valence electrons. The fourth-order valence-electron chi connectivity index (χ4n) is 7.06. The standard InChI is InChI=1S/C45H46O9SSi/c1-5-55(49)44-40(54-43(48)34-25-15-8-16-26-34)39(53-42(47)33-23-13-7-14-24-33)38(52-41(46)32-21-11-6-12-22-32)37(51-44)31-50-56(45(2,3)4,35-27-17-9-18-28-35)36-29-19-10-20-30-36/h6-30,37-40,44H,5,31H2,1-4H3/t37-,38-,39+,40-,44+,55?/m1/s1. The van der Waals surface area contributed by atoms with Crippen molar-refractivity contribution in [1.29, 1.82) is 0 Å². The number of esters is 3. The van der Waals surface area contributed by atoms with Crippen LogP contribution < -0.4 is 10.4 Å². The molecule has 9 nitrogen and oxygen atoms in total. The topological polar surface area (TPSA) is 114 Å². The molecule has 6 rings (SSSR count). The lowest BCUT2D eigenvalue weighted by Crippen LogP contribution is -2.69. The van der Waals surface area contributed by atoms with Crippen molar-refractivity contribution in [3.8, 4) is 0 Å². The van der Waals surface area contributed by atoms with Crippen LogP contribution >= 0.6 is 0 Å². The molecular formula is C45H46O9SSi. The zero-order valence-corrected chi connectivity index (χ0v) is 33.6. The largest absolute Gasteiger partial charge is 0.452 e. The molecule has 0 spiro atoms. The van der Waals surface area contributed by atoms with Crippen molar-refractivity contribution < 1.29 is 42.0 Å². The van der Waals surface area contributed by atoms with Crippen molar-refractivity contribution in [2.45, 2.75) is 62.6 Å². The van der Waals surface area contributed by atoms with Gasteiger partial charge in [0, 0.05) is 5.75 Å². The van der Waals surface area contributed by atoms with Gasteiger partial charge in [-0.3, -0.25) is 4.21 Å². The summed E-state index contributed by atoms with van der Waals surface area (Å²) < 4.78 is 46.6. The molecule has 5 aromatic rings. The van der Waals surface area contributed by atoms with Crippen molar-refractivity contribution in [3.63, 3.8) is 0 Å². The second-order valence-electron chi connectivity index (χ2n) is 14.4. The Hall–Kier alpha value is -5.20. The van der Waals surface area contributed by atoms with Crippen LogP contribution in [0.1, 0.15) is 58.8 Å². The Labute approximate surface area is 331 Å². The lowest BCUT2D eigenvalue weighted by atomic mass is 9.98. The average Bonchev–Trinajstić information content (AvgIpc) is 3.23. The Morgan fingerprint density at radius 3 is 1.30 bits per heavy atom. The number of ether oxygens (including phenoxy) is 4. The van der Waals surface area contributed by atoms with E-state index in [1.807, 2.05) is 36.4 Å². The molecule has 1 aliphatic rings. The van der Waals surface area contributed by atoms with E-state index < -0.39 is 71.9 Å². The first-order valence-corrected chi connectivity index (χ1v) is 21.9. The van der Waals surface area contributed by atoms with Gasteiger partial charge in [0.1, 0.15) is 6.10 Å². The minimum atomic E-state index is -3.21. The number of rotatable bonds is 13. The van der Waals surface area contributed by atoms with Crippen LogP contribution in [0.2, 0.25) is 5.04 Å². The highest BCUT2D eigenvalue weighted by atomic mass is 32.2. The Balaban J connectivity index is 1.49.